The van der Waals surface area contributed by atoms with Gasteiger partial charge in [0.05, 0.1) is 54.4 Å². The van der Waals surface area contributed by atoms with Crippen LogP contribution in [0.4, 0.5) is 0 Å². The van der Waals surface area contributed by atoms with Crippen molar-refractivity contribution in [1.29, 1.82) is 0 Å². The van der Waals surface area contributed by atoms with Crippen LogP contribution < -0.4 is 5.32 Å². The Kier molecular flexibility index (Phi) is 16.2. The minimum absolute atomic E-state index is 0.0863. The number of carbonyl (C=O) groups excluding carboxylic acids is 1. The average Bonchev–Trinajstić information content (AvgIpc) is 3.23. The van der Waals surface area contributed by atoms with Gasteiger partial charge in [0, 0.05) is 48.0 Å². The highest BCUT2D eigenvalue weighted by molar-refractivity contribution is 5.67. The molecule has 18 nitrogen and oxygen atoms in total. The Hall–Kier alpha value is -2.73. The van der Waals surface area contributed by atoms with E-state index in [0.29, 0.717) is 11.1 Å². The van der Waals surface area contributed by atoms with Gasteiger partial charge in [-0.15, -0.1) is 0 Å². The topological polar surface area (TPSA) is 287 Å². The van der Waals surface area contributed by atoms with Crippen molar-refractivity contribution >= 4 is 5.97 Å². The summed E-state index contributed by atoms with van der Waals surface area (Å²) in [6.07, 6.45) is -19.4. The Balaban J connectivity index is 1.48. The smallest absolute Gasteiger partial charge is 0.303 e. The summed E-state index contributed by atoms with van der Waals surface area (Å²) in [5.41, 5.74) is -7.13. The lowest BCUT2D eigenvalue weighted by Crippen LogP contribution is -2.83. The number of aliphatic hydroxyl groups excluding tert-OH is 8. The maximum atomic E-state index is 13.8. The van der Waals surface area contributed by atoms with E-state index in [1.807, 2.05) is 0 Å². The average molecular weight is 936 g/mol. The van der Waals surface area contributed by atoms with Crippen LogP contribution in [0.5, 0.6) is 0 Å². The molecule has 11 N–H and O–H groups in total. The van der Waals surface area contributed by atoms with Crippen LogP contribution in [0.15, 0.2) is 60.7 Å². The normalized spacial score (nSPS) is 36.9. The monoisotopic (exact) mass is 935 g/mol. The largest absolute Gasteiger partial charge is 0.454 e. The number of carbonyl (C=O) groups is 1. The van der Waals surface area contributed by atoms with Gasteiger partial charge in [-0.3, -0.25) is 10.1 Å². The van der Waals surface area contributed by atoms with Crippen LogP contribution in [-0.4, -0.2) is 148 Å². The molecule has 0 spiro atoms. The lowest BCUT2D eigenvalue weighted by molar-refractivity contribution is -0.397. The fourth-order valence-corrected chi connectivity index (χ4v) is 11.6. The number of fused-ring (bicyclic) bond motifs is 5. The predicted octanol–water partition coefficient (Wildman–Crippen LogP) is 1.61. The molecule has 6 rings (SSSR count). The molecule has 1 saturated heterocycles. The maximum Gasteiger partial charge on any atom is 0.303 e. The van der Waals surface area contributed by atoms with E-state index in [9.17, 15) is 55.9 Å². The molecular formula is C48H73NO17. The zero-order chi connectivity index (χ0) is 48.7. The molecule has 3 saturated carbocycles. The number of ether oxygens (including phenoxy) is 6. The highest BCUT2D eigenvalue weighted by Gasteiger charge is 2.78. The Labute approximate surface area is 386 Å². The summed E-state index contributed by atoms with van der Waals surface area (Å²) in [5.74, 6) is -3.97. The molecule has 2 aromatic carbocycles. The molecule has 66 heavy (non-hydrogen) atoms. The van der Waals surface area contributed by atoms with Crippen LogP contribution in [0, 0.1) is 28.6 Å². The molecule has 4 aliphatic rings. The Bertz CT molecular complexity index is 1890. The zero-order valence-corrected chi connectivity index (χ0v) is 39.1. The molecule has 3 aliphatic carbocycles. The Morgan fingerprint density at radius 2 is 1.50 bits per heavy atom. The molecule has 2 bridgehead atoms. The van der Waals surface area contributed by atoms with Gasteiger partial charge in [-0.1, -0.05) is 88.4 Å². The first-order valence-electron chi connectivity index (χ1n) is 22.9. The summed E-state index contributed by atoms with van der Waals surface area (Å²) < 4.78 is 37.3. The second-order valence-corrected chi connectivity index (χ2v) is 20.6. The third kappa shape index (κ3) is 10.3. The van der Waals surface area contributed by atoms with E-state index in [1.165, 1.54) is 6.92 Å². The molecule has 0 aromatic heterocycles. The van der Waals surface area contributed by atoms with Crippen molar-refractivity contribution in [3.8, 4) is 0 Å². The van der Waals surface area contributed by atoms with Gasteiger partial charge in [0.15, 0.2) is 30.8 Å². The molecule has 0 amide bonds. The van der Waals surface area contributed by atoms with Gasteiger partial charge in [-0.05, 0) is 51.5 Å². The number of aliphatic hydroxyl groups is 10. The van der Waals surface area contributed by atoms with Crippen molar-refractivity contribution in [1.82, 2.24) is 5.32 Å². The van der Waals surface area contributed by atoms with Gasteiger partial charge in [0.2, 0.25) is 6.41 Å². The highest BCUT2D eigenvalue weighted by Crippen LogP contribution is 2.66. The highest BCUT2D eigenvalue weighted by atomic mass is 16.7. The molecule has 1 heterocycles. The van der Waals surface area contributed by atoms with Crippen molar-refractivity contribution in [2.75, 3.05) is 6.61 Å². The molecular weight excluding hydrogens is 863 g/mol. The van der Waals surface area contributed by atoms with E-state index < -0.39 is 132 Å². The number of rotatable bonds is 18. The zero-order valence-electron chi connectivity index (χ0n) is 39.1. The van der Waals surface area contributed by atoms with Crippen molar-refractivity contribution in [2.45, 2.75) is 185 Å². The first kappa shape index (κ1) is 52.6. The summed E-state index contributed by atoms with van der Waals surface area (Å²) in [6, 6.07) is 15.7. The SMILES string of the molecule is CC(=O)O[C@@]12COC1CC(O)C1(C)C(O)C(O)C3C(C)[C@@H](OC(O)[C@H](OC(O)CCCC(O)O)C(NC(O)OC(C)(C)C)c4ccccc4)CC(O)([C@@H](OC(O)c4ccccc4)[C@@H]12)C3(C)C. The first-order chi connectivity index (χ1) is 30.8. The quantitative estimate of drug-likeness (QED) is 0.0748. The van der Waals surface area contributed by atoms with Crippen LogP contribution >= 0.6 is 0 Å². The summed E-state index contributed by atoms with van der Waals surface area (Å²) in [7, 11) is 0. The summed E-state index contributed by atoms with van der Waals surface area (Å²) in [6.45, 7) is 12.8. The van der Waals surface area contributed by atoms with E-state index in [0.717, 1.165) is 0 Å². The van der Waals surface area contributed by atoms with E-state index in [2.05, 4.69) is 5.32 Å². The number of esters is 1. The van der Waals surface area contributed by atoms with Crippen LogP contribution in [0.3, 0.4) is 0 Å². The van der Waals surface area contributed by atoms with Crippen molar-refractivity contribution in [2.24, 2.45) is 28.6 Å². The summed E-state index contributed by atoms with van der Waals surface area (Å²) >= 11 is 0. The molecule has 18 heteroatoms. The van der Waals surface area contributed by atoms with Gasteiger partial charge in [-0.2, -0.15) is 0 Å². The van der Waals surface area contributed by atoms with Gasteiger partial charge >= 0.3 is 5.97 Å². The fourth-order valence-electron chi connectivity index (χ4n) is 11.6. The third-order valence-electron chi connectivity index (χ3n) is 14.9. The second-order valence-electron chi connectivity index (χ2n) is 20.6. The Morgan fingerprint density at radius 3 is 2.05 bits per heavy atom. The van der Waals surface area contributed by atoms with E-state index >= 15 is 0 Å². The molecule has 13 unspecified atom stereocenters. The van der Waals surface area contributed by atoms with Gasteiger partial charge in [0.1, 0.15) is 12.2 Å². The van der Waals surface area contributed by atoms with Crippen LogP contribution in [0.1, 0.15) is 111 Å². The molecule has 4 fully saturated rings. The van der Waals surface area contributed by atoms with E-state index in [-0.39, 0.29) is 38.7 Å². The number of benzene rings is 2. The van der Waals surface area contributed by atoms with Gasteiger partial charge in [-0.25, -0.2) is 0 Å². The number of nitrogens with one attached hydrogen (secondary N) is 1. The van der Waals surface area contributed by atoms with Crippen molar-refractivity contribution in [3.63, 3.8) is 0 Å². The number of hydrogen-bond donors (Lipinski definition) is 11. The molecule has 0 radical (unpaired) electrons. The van der Waals surface area contributed by atoms with Gasteiger partial charge < -0.3 is 79.5 Å². The van der Waals surface area contributed by atoms with Gasteiger partial charge in [0.25, 0.3) is 0 Å². The van der Waals surface area contributed by atoms with Crippen LogP contribution in [0.25, 0.3) is 0 Å². The Morgan fingerprint density at radius 1 is 0.894 bits per heavy atom. The van der Waals surface area contributed by atoms with Crippen molar-refractivity contribution in [3.05, 3.63) is 71.8 Å². The number of hydrogen-bond acceptors (Lipinski definition) is 18. The van der Waals surface area contributed by atoms with Crippen LogP contribution in [-0.2, 0) is 33.2 Å². The fraction of sp³-hybridized carbons (Fsp3) is 0.729. The minimum Gasteiger partial charge on any atom is -0.454 e. The lowest BCUT2D eigenvalue weighted by Gasteiger charge is -2.71. The molecule has 2 aromatic rings. The standard InChI is InChI=1S/C48H73NO17/c1-25-29(62-42(58)37(63-33(54)21-15-20-32(52)53)35(27-16-11-9-12-17-27)49-43(59)66-44(3,4)5)23-48(60)40(64-41(57)28-18-13-10-14-19-28)38-46(8,39(56)36(55)34(25)45(48,6)7)30(51)22-31-47(38,24-61-31)65-26(2)50/h9-14,16-19,25,29-43,49,51-60H,15,20-24H2,1-8H3/t25?,29-,30?,31?,33?,34?,35?,36?,37+,38-,39?,40-,41?,42?,43?,46?,47-,48?/m0/s1. The molecule has 18 atom stereocenters. The summed E-state index contributed by atoms with van der Waals surface area (Å²) in [5, 5.41) is 120. The minimum atomic E-state index is -2.21. The third-order valence-corrected chi connectivity index (χ3v) is 14.9. The van der Waals surface area contributed by atoms with E-state index in [4.69, 9.17) is 28.4 Å². The predicted molar refractivity (Wildman–Crippen MR) is 234 cm³/mol. The molecule has 372 valence electrons. The molecule has 1 aliphatic heterocycles. The second kappa shape index (κ2) is 20.3. The van der Waals surface area contributed by atoms with Crippen LogP contribution in [0.2, 0.25) is 0 Å². The maximum absolute atomic E-state index is 13.8. The lowest BCUT2D eigenvalue weighted by atomic mass is 9.42. The van der Waals surface area contributed by atoms with E-state index in [1.54, 1.807) is 109 Å². The summed E-state index contributed by atoms with van der Waals surface area (Å²) in [4.78, 5) is 13.0. The first-order valence-corrected chi connectivity index (χ1v) is 22.9. The van der Waals surface area contributed by atoms with Crippen molar-refractivity contribution < 1.29 is 84.3 Å².